The molecule has 0 saturated heterocycles. The van der Waals surface area contributed by atoms with E-state index in [4.69, 9.17) is 14.4 Å². The highest BCUT2D eigenvalue weighted by Gasteiger charge is 2.18. The fourth-order valence-electron chi connectivity index (χ4n) is 1.63. The molecule has 7 nitrogen and oxygen atoms in total. The van der Waals surface area contributed by atoms with Crippen molar-refractivity contribution in [2.24, 2.45) is 0 Å². The molecule has 0 saturated carbocycles. The van der Waals surface area contributed by atoms with Crippen molar-refractivity contribution in [2.45, 2.75) is 64.9 Å². The Morgan fingerprint density at radius 3 is 2.18 bits per heavy atom. The van der Waals surface area contributed by atoms with Crippen molar-refractivity contribution >= 4 is 19.5 Å². The molecule has 0 bridgehead atoms. The number of hydrogen-bond donors (Lipinski definition) is 1. The van der Waals surface area contributed by atoms with Crippen LogP contribution in [0.15, 0.2) is 0 Å². The van der Waals surface area contributed by atoms with Crippen LogP contribution >= 0.6 is 7.60 Å². The van der Waals surface area contributed by atoms with Crippen molar-refractivity contribution in [3.63, 3.8) is 0 Å². The molecular weight excluding hydrogens is 311 g/mol. The van der Waals surface area contributed by atoms with Crippen LogP contribution in [0, 0.1) is 0 Å². The van der Waals surface area contributed by atoms with E-state index < -0.39 is 31.8 Å². The van der Waals surface area contributed by atoms with E-state index in [0.29, 0.717) is 12.8 Å². The van der Waals surface area contributed by atoms with Crippen molar-refractivity contribution in [1.82, 2.24) is 0 Å². The number of esters is 2. The van der Waals surface area contributed by atoms with Crippen LogP contribution < -0.4 is 4.89 Å². The van der Waals surface area contributed by atoms with Gasteiger partial charge >= 0.3 is 11.9 Å². The number of carbonyl (C=O) groups excluding carboxylic acids is 2. The monoisotopic (exact) mass is 337 g/mol. The van der Waals surface area contributed by atoms with Crippen LogP contribution in [0.3, 0.4) is 0 Å². The van der Waals surface area contributed by atoms with E-state index in [9.17, 15) is 19.0 Å². The minimum absolute atomic E-state index is 0.101. The molecule has 0 aliphatic carbocycles. The van der Waals surface area contributed by atoms with Gasteiger partial charge in [0, 0.05) is 19.0 Å². The maximum atomic E-state index is 11.6. The van der Waals surface area contributed by atoms with Crippen LogP contribution in [0.25, 0.3) is 0 Å². The van der Waals surface area contributed by atoms with Crippen LogP contribution in [0.2, 0.25) is 0 Å². The molecule has 0 spiro atoms. The van der Waals surface area contributed by atoms with Gasteiger partial charge in [0.2, 0.25) is 0 Å². The number of ether oxygens (including phenoxy) is 2. The molecule has 1 N–H and O–H groups in total. The Kier molecular flexibility index (Phi) is 11.1. The largest absolute Gasteiger partial charge is 0.779 e. The van der Waals surface area contributed by atoms with Gasteiger partial charge in [0.25, 0.3) is 0 Å². The van der Waals surface area contributed by atoms with Crippen LogP contribution in [0.4, 0.5) is 0 Å². The number of hydrogen-bond acceptors (Lipinski definition) is 6. The first kappa shape index (κ1) is 21.1. The summed E-state index contributed by atoms with van der Waals surface area (Å²) in [5, 5.41) is 0. The molecule has 130 valence electrons. The Morgan fingerprint density at radius 2 is 1.68 bits per heavy atom. The standard InChI is InChI=1S/C14H27O7P/c1-3-5-7-13(15)20-11-12(9-10-22(17,18)19)21-14(16)8-6-4-2/h12H,3-11H2,1-2H3,(H2,17,18,19)/p-1. The van der Waals surface area contributed by atoms with E-state index in [2.05, 4.69) is 0 Å². The van der Waals surface area contributed by atoms with Crippen LogP contribution in [0.1, 0.15) is 58.8 Å². The van der Waals surface area contributed by atoms with Gasteiger partial charge in [-0.2, -0.15) is 0 Å². The summed E-state index contributed by atoms with van der Waals surface area (Å²) < 4.78 is 20.9. The summed E-state index contributed by atoms with van der Waals surface area (Å²) in [6, 6.07) is 0. The Balaban J connectivity index is 4.35. The van der Waals surface area contributed by atoms with Gasteiger partial charge in [-0.05, 0) is 19.3 Å². The zero-order valence-corrected chi connectivity index (χ0v) is 14.2. The normalized spacial score (nSPS) is 14.9. The van der Waals surface area contributed by atoms with Crippen molar-refractivity contribution < 1.29 is 33.4 Å². The number of unbranched alkanes of at least 4 members (excludes halogenated alkanes) is 2. The third kappa shape index (κ3) is 12.8. The number of carbonyl (C=O) groups is 2. The molecule has 0 rings (SSSR count). The molecule has 2 atom stereocenters. The molecule has 0 amide bonds. The first-order valence-electron chi connectivity index (χ1n) is 7.66. The van der Waals surface area contributed by atoms with Gasteiger partial charge in [0.05, 0.1) is 0 Å². The van der Waals surface area contributed by atoms with Crippen LogP contribution in [0.5, 0.6) is 0 Å². The average molecular weight is 337 g/mol. The summed E-state index contributed by atoms with van der Waals surface area (Å²) in [4.78, 5) is 42.6. The fourth-order valence-corrected chi connectivity index (χ4v) is 2.24. The van der Waals surface area contributed by atoms with Gasteiger partial charge in [-0.25, -0.2) is 0 Å². The molecule has 2 unspecified atom stereocenters. The van der Waals surface area contributed by atoms with Crippen molar-refractivity contribution in [3.05, 3.63) is 0 Å². The maximum absolute atomic E-state index is 11.6. The molecule has 0 aromatic carbocycles. The molecule has 8 heteroatoms. The van der Waals surface area contributed by atoms with Crippen LogP contribution in [-0.4, -0.2) is 35.7 Å². The third-order valence-corrected chi connectivity index (χ3v) is 3.75. The van der Waals surface area contributed by atoms with Gasteiger partial charge in [0.1, 0.15) is 20.3 Å². The van der Waals surface area contributed by atoms with Crippen molar-refractivity contribution in [2.75, 3.05) is 12.8 Å². The third-order valence-electron chi connectivity index (χ3n) is 2.93. The molecule has 0 radical (unpaired) electrons. The predicted molar refractivity (Wildman–Crippen MR) is 79.2 cm³/mol. The lowest BCUT2D eigenvalue weighted by Gasteiger charge is -2.21. The minimum Gasteiger partial charge on any atom is -0.779 e. The second-order valence-electron chi connectivity index (χ2n) is 5.15. The molecule has 0 aliphatic rings. The molecule has 0 aromatic rings. The summed E-state index contributed by atoms with van der Waals surface area (Å²) in [6.45, 7) is 3.68. The minimum atomic E-state index is -4.43. The lowest BCUT2D eigenvalue weighted by molar-refractivity contribution is -0.194. The SMILES string of the molecule is CCCCC(=O)OCC(CCP(=O)([O-])O)OC(=O)CCCC. The smallest absolute Gasteiger partial charge is 0.306 e. The highest BCUT2D eigenvalue weighted by molar-refractivity contribution is 7.50. The Bertz CT molecular complexity index is 377. The van der Waals surface area contributed by atoms with Gasteiger partial charge < -0.3 is 23.8 Å². The molecule has 0 heterocycles. The summed E-state index contributed by atoms with van der Waals surface area (Å²) in [7, 11) is -4.43. The van der Waals surface area contributed by atoms with Gasteiger partial charge in [-0.1, -0.05) is 26.7 Å². The van der Waals surface area contributed by atoms with Gasteiger partial charge in [-0.15, -0.1) is 0 Å². The van der Waals surface area contributed by atoms with E-state index in [0.717, 1.165) is 12.8 Å². The number of rotatable bonds is 12. The highest BCUT2D eigenvalue weighted by atomic mass is 31.2. The van der Waals surface area contributed by atoms with Crippen molar-refractivity contribution in [1.29, 1.82) is 0 Å². The highest BCUT2D eigenvalue weighted by Crippen LogP contribution is 2.30. The Hall–Kier alpha value is -0.910. The maximum Gasteiger partial charge on any atom is 0.306 e. The topological polar surface area (TPSA) is 113 Å². The summed E-state index contributed by atoms with van der Waals surface area (Å²) in [6.07, 6.45) is 2.07. The molecule has 22 heavy (non-hydrogen) atoms. The summed E-state index contributed by atoms with van der Waals surface area (Å²) in [5.41, 5.74) is 0. The van der Waals surface area contributed by atoms with Gasteiger partial charge in [0.15, 0.2) is 0 Å². The molecular formula is C14H26O7P-. The lowest BCUT2D eigenvalue weighted by Crippen LogP contribution is -2.27. The predicted octanol–water partition coefficient (Wildman–Crippen LogP) is 1.76. The average Bonchev–Trinajstić information content (AvgIpc) is 2.44. The molecule has 0 aliphatic heterocycles. The van der Waals surface area contributed by atoms with E-state index in [1.54, 1.807) is 0 Å². The van der Waals surface area contributed by atoms with E-state index in [1.165, 1.54) is 0 Å². The summed E-state index contributed by atoms with van der Waals surface area (Å²) >= 11 is 0. The zero-order chi connectivity index (χ0) is 17.0. The Labute approximate surface area is 131 Å². The zero-order valence-electron chi connectivity index (χ0n) is 13.3. The van der Waals surface area contributed by atoms with Gasteiger partial charge in [-0.3, -0.25) is 9.59 Å². The van der Waals surface area contributed by atoms with E-state index in [-0.39, 0.29) is 25.9 Å². The summed E-state index contributed by atoms with van der Waals surface area (Å²) in [5.74, 6) is -0.874. The van der Waals surface area contributed by atoms with E-state index >= 15 is 0 Å². The fraction of sp³-hybridized carbons (Fsp3) is 0.857. The van der Waals surface area contributed by atoms with Crippen LogP contribution in [-0.2, 0) is 23.6 Å². The Morgan fingerprint density at radius 1 is 1.14 bits per heavy atom. The lowest BCUT2D eigenvalue weighted by atomic mass is 10.2. The first-order chi connectivity index (χ1) is 10.3. The second-order valence-corrected chi connectivity index (χ2v) is 6.87. The van der Waals surface area contributed by atoms with E-state index in [1.807, 2.05) is 13.8 Å². The second kappa shape index (κ2) is 11.6. The first-order valence-corrected chi connectivity index (χ1v) is 9.42. The van der Waals surface area contributed by atoms with Crippen molar-refractivity contribution in [3.8, 4) is 0 Å². The quantitative estimate of drug-likeness (QED) is 0.426. The molecule has 0 fully saturated rings. The molecule has 0 aromatic heterocycles.